The zero-order chi connectivity index (χ0) is 20.6. The number of nitrogens with zero attached hydrogens (tertiary/aromatic N) is 1. The van der Waals surface area contributed by atoms with E-state index in [0.29, 0.717) is 30.3 Å². The van der Waals surface area contributed by atoms with Crippen LogP contribution in [0.2, 0.25) is 5.02 Å². The van der Waals surface area contributed by atoms with Gasteiger partial charge in [0.15, 0.2) is 0 Å². The van der Waals surface area contributed by atoms with Crippen molar-refractivity contribution in [3.05, 3.63) is 59.6 Å². The molecule has 152 valence electrons. The lowest BCUT2D eigenvalue weighted by Crippen LogP contribution is -2.41. The van der Waals surface area contributed by atoms with Crippen LogP contribution in [0.1, 0.15) is 20.3 Å². The third kappa shape index (κ3) is 6.51. The van der Waals surface area contributed by atoms with Crippen LogP contribution < -0.4 is 9.62 Å². The van der Waals surface area contributed by atoms with Crippen LogP contribution in [-0.2, 0) is 19.6 Å². The Kier molecular flexibility index (Phi) is 8.29. The maximum Gasteiger partial charge on any atom is 0.264 e. The molecule has 2 aromatic carbocycles. The second kappa shape index (κ2) is 10.5. The summed E-state index contributed by atoms with van der Waals surface area (Å²) in [4.78, 5) is 12.5. The summed E-state index contributed by atoms with van der Waals surface area (Å²) < 4.78 is 32.7. The monoisotopic (exact) mass is 424 g/mol. The summed E-state index contributed by atoms with van der Waals surface area (Å²) in [5.74, 6) is -0.399. The van der Waals surface area contributed by atoms with Gasteiger partial charge in [0.05, 0.1) is 16.7 Å². The van der Waals surface area contributed by atoms with Gasteiger partial charge in [0.25, 0.3) is 10.0 Å². The van der Waals surface area contributed by atoms with Crippen LogP contribution in [0.4, 0.5) is 5.69 Å². The van der Waals surface area contributed by atoms with Crippen molar-refractivity contribution in [2.45, 2.75) is 31.3 Å². The minimum absolute atomic E-state index is 0.105. The first-order valence-corrected chi connectivity index (χ1v) is 10.8. The van der Waals surface area contributed by atoms with Crippen molar-refractivity contribution in [2.24, 2.45) is 0 Å². The molecule has 6 nitrogen and oxygen atoms in total. The molecule has 0 heterocycles. The molecule has 0 aliphatic carbocycles. The van der Waals surface area contributed by atoms with Gasteiger partial charge in [-0.25, -0.2) is 8.42 Å². The van der Waals surface area contributed by atoms with Crippen molar-refractivity contribution in [3.8, 4) is 0 Å². The Morgan fingerprint density at radius 1 is 1.14 bits per heavy atom. The highest BCUT2D eigenvalue weighted by Gasteiger charge is 2.27. The van der Waals surface area contributed by atoms with E-state index in [9.17, 15) is 13.2 Å². The molecule has 2 aromatic rings. The lowest BCUT2D eigenvalue weighted by molar-refractivity contribution is -0.119. The molecule has 0 unspecified atom stereocenters. The predicted molar refractivity (Wildman–Crippen MR) is 111 cm³/mol. The molecular weight excluding hydrogens is 400 g/mol. The second-order valence-electron chi connectivity index (χ2n) is 6.43. The third-order valence-corrected chi connectivity index (χ3v) is 5.83. The van der Waals surface area contributed by atoms with Crippen LogP contribution in [0.3, 0.4) is 0 Å². The van der Waals surface area contributed by atoms with Crippen molar-refractivity contribution in [3.63, 3.8) is 0 Å². The Morgan fingerprint density at radius 2 is 1.86 bits per heavy atom. The molecule has 0 aliphatic heterocycles. The van der Waals surface area contributed by atoms with Crippen molar-refractivity contribution >= 4 is 33.2 Å². The largest absolute Gasteiger partial charge is 0.379 e. The summed E-state index contributed by atoms with van der Waals surface area (Å²) in [7, 11) is -3.92. The summed E-state index contributed by atoms with van der Waals surface area (Å²) in [6, 6.07) is 14.4. The second-order valence-corrected chi connectivity index (χ2v) is 8.73. The molecule has 0 bridgehead atoms. The van der Waals surface area contributed by atoms with Gasteiger partial charge in [0, 0.05) is 18.2 Å². The lowest BCUT2D eigenvalue weighted by Gasteiger charge is -2.24. The van der Waals surface area contributed by atoms with Crippen LogP contribution in [-0.4, -0.2) is 40.1 Å². The van der Waals surface area contributed by atoms with E-state index < -0.39 is 15.9 Å². The van der Waals surface area contributed by atoms with Gasteiger partial charge in [0.1, 0.15) is 6.54 Å². The summed E-state index contributed by atoms with van der Waals surface area (Å²) >= 11 is 6.03. The van der Waals surface area contributed by atoms with E-state index in [1.807, 2.05) is 13.8 Å². The molecule has 8 heteroatoms. The van der Waals surface area contributed by atoms with Gasteiger partial charge in [-0.3, -0.25) is 9.10 Å². The molecule has 0 radical (unpaired) electrons. The molecule has 0 aromatic heterocycles. The van der Waals surface area contributed by atoms with Crippen LogP contribution in [0, 0.1) is 0 Å². The number of nitrogens with one attached hydrogen (secondary N) is 1. The highest BCUT2D eigenvalue weighted by molar-refractivity contribution is 7.92. The number of hydrogen-bond acceptors (Lipinski definition) is 4. The van der Waals surface area contributed by atoms with Crippen LogP contribution in [0.5, 0.6) is 0 Å². The minimum atomic E-state index is -3.92. The quantitative estimate of drug-likeness (QED) is 0.592. The molecule has 0 spiro atoms. The molecule has 0 fully saturated rings. The summed E-state index contributed by atoms with van der Waals surface area (Å²) in [6.45, 7) is 4.47. The van der Waals surface area contributed by atoms with Gasteiger partial charge in [-0.05, 0) is 50.6 Å². The molecular formula is C20H25ClN2O4S. The zero-order valence-corrected chi connectivity index (χ0v) is 17.5. The molecule has 1 N–H and O–H groups in total. The molecule has 0 saturated carbocycles. The molecule has 1 amide bonds. The van der Waals surface area contributed by atoms with Crippen LogP contribution in [0.15, 0.2) is 59.5 Å². The number of benzene rings is 2. The van der Waals surface area contributed by atoms with Crippen LogP contribution >= 0.6 is 11.6 Å². The third-order valence-electron chi connectivity index (χ3n) is 3.81. The zero-order valence-electron chi connectivity index (χ0n) is 16.0. The van der Waals surface area contributed by atoms with Crippen molar-refractivity contribution in [1.82, 2.24) is 5.32 Å². The number of ether oxygens (including phenoxy) is 1. The number of halogens is 1. The Bertz CT molecular complexity index is 873. The number of anilines is 1. The van der Waals surface area contributed by atoms with E-state index in [1.54, 1.807) is 36.4 Å². The molecule has 0 aliphatic rings. The maximum absolute atomic E-state index is 13.1. The topological polar surface area (TPSA) is 75.7 Å². The molecule has 0 atom stereocenters. The Labute approximate surface area is 171 Å². The average Bonchev–Trinajstić information content (AvgIpc) is 2.66. The van der Waals surface area contributed by atoms with Crippen molar-refractivity contribution in [1.29, 1.82) is 0 Å². The molecule has 0 saturated heterocycles. The predicted octanol–water partition coefficient (Wildman–Crippen LogP) is 3.47. The maximum atomic E-state index is 13.1. The standard InChI is InChI=1S/C20H25ClN2O4S/c1-16(2)27-13-7-12-22-20(24)15-23(18-9-6-8-17(21)14-18)28(25,26)19-10-4-3-5-11-19/h3-6,8-11,14,16H,7,12-13,15H2,1-2H3,(H,22,24). The van der Waals surface area contributed by atoms with Gasteiger partial charge in [-0.1, -0.05) is 35.9 Å². The fourth-order valence-corrected chi connectivity index (χ4v) is 4.09. The first-order chi connectivity index (χ1) is 13.3. The normalized spacial score (nSPS) is 11.4. The van der Waals surface area contributed by atoms with E-state index in [1.165, 1.54) is 18.2 Å². The summed E-state index contributed by atoms with van der Waals surface area (Å²) in [5, 5.41) is 3.12. The van der Waals surface area contributed by atoms with Gasteiger partial charge >= 0.3 is 0 Å². The first-order valence-electron chi connectivity index (χ1n) is 9.02. The summed E-state index contributed by atoms with van der Waals surface area (Å²) in [6.07, 6.45) is 0.775. The fraction of sp³-hybridized carbons (Fsp3) is 0.350. The Balaban J connectivity index is 2.15. The number of sulfonamides is 1. The number of amides is 1. The van der Waals surface area contributed by atoms with E-state index in [0.717, 1.165) is 4.31 Å². The molecule has 2 rings (SSSR count). The number of rotatable bonds is 10. The van der Waals surface area contributed by atoms with Crippen LogP contribution in [0.25, 0.3) is 0 Å². The highest BCUT2D eigenvalue weighted by Crippen LogP contribution is 2.25. The Morgan fingerprint density at radius 3 is 2.50 bits per heavy atom. The lowest BCUT2D eigenvalue weighted by atomic mass is 10.3. The van der Waals surface area contributed by atoms with E-state index in [-0.39, 0.29) is 17.5 Å². The van der Waals surface area contributed by atoms with Gasteiger partial charge in [-0.15, -0.1) is 0 Å². The van der Waals surface area contributed by atoms with Crippen molar-refractivity contribution < 1.29 is 17.9 Å². The number of carbonyl (C=O) groups excluding carboxylic acids is 1. The smallest absolute Gasteiger partial charge is 0.264 e. The van der Waals surface area contributed by atoms with Gasteiger partial charge in [0.2, 0.25) is 5.91 Å². The summed E-state index contributed by atoms with van der Waals surface area (Å²) in [5.41, 5.74) is 0.328. The fourth-order valence-electron chi connectivity index (χ4n) is 2.47. The minimum Gasteiger partial charge on any atom is -0.379 e. The number of carbonyl (C=O) groups is 1. The van der Waals surface area contributed by atoms with E-state index in [4.69, 9.17) is 16.3 Å². The van der Waals surface area contributed by atoms with Gasteiger partial charge in [-0.2, -0.15) is 0 Å². The van der Waals surface area contributed by atoms with Crippen molar-refractivity contribution in [2.75, 3.05) is 24.0 Å². The molecule has 28 heavy (non-hydrogen) atoms. The Hall–Kier alpha value is -2.09. The SMILES string of the molecule is CC(C)OCCCNC(=O)CN(c1cccc(Cl)c1)S(=O)(=O)c1ccccc1. The average molecular weight is 425 g/mol. The number of hydrogen-bond donors (Lipinski definition) is 1. The van der Waals surface area contributed by atoms with Gasteiger partial charge < -0.3 is 10.1 Å². The first kappa shape index (κ1) is 22.2. The van der Waals surface area contributed by atoms with E-state index in [2.05, 4.69) is 5.32 Å². The van der Waals surface area contributed by atoms with E-state index >= 15 is 0 Å². The highest BCUT2D eigenvalue weighted by atomic mass is 35.5.